The van der Waals surface area contributed by atoms with E-state index in [1.54, 1.807) is 18.5 Å². The van der Waals surface area contributed by atoms with Crippen LogP contribution in [0.2, 0.25) is 0 Å². The van der Waals surface area contributed by atoms with Crippen LogP contribution in [0.5, 0.6) is 11.5 Å². The Kier molecular flexibility index (Phi) is 2.29. The zero-order valence-corrected chi connectivity index (χ0v) is 9.08. The summed E-state index contributed by atoms with van der Waals surface area (Å²) in [5.74, 6) is 0.559. The maximum absolute atomic E-state index is 9.70. The third-order valence-electron chi connectivity index (χ3n) is 2.04. The van der Waals surface area contributed by atoms with Crippen molar-refractivity contribution in [3.63, 3.8) is 0 Å². The van der Waals surface area contributed by atoms with Crippen LogP contribution in [0.15, 0.2) is 29.0 Å². The van der Waals surface area contributed by atoms with Crippen LogP contribution in [0.4, 0.5) is 0 Å². The summed E-state index contributed by atoms with van der Waals surface area (Å²) in [6.45, 7) is 0. The largest absolute Gasteiger partial charge is 0.503 e. The average Bonchev–Trinajstić information content (AvgIpc) is 2.23. The molecule has 4 heteroatoms. The van der Waals surface area contributed by atoms with Crippen molar-refractivity contribution < 1.29 is 9.84 Å². The van der Waals surface area contributed by atoms with E-state index in [0.29, 0.717) is 10.2 Å². The maximum Gasteiger partial charge on any atom is 0.172 e. The molecule has 0 aliphatic heterocycles. The number of benzene rings is 1. The number of nitrogens with zero attached hydrogens (tertiary/aromatic N) is 1. The van der Waals surface area contributed by atoms with Crippen molar-refractivity contribution in [2.24, 2.45) is 0 Å². The molecule has 1 heterocycles. The molecule has 3 nitrogen and oxygen atoms in total. The minimum Gasteiger partial charge on any atom is -0.503 e. The number of halogens is 1. The Labute approximate surface area is 89.5 Å². The second kappa shape index (κ2) is 3.46. The van der Waals surface area contributed by atoms with Gasteiger partial charge in [0.1, 0.15) is 0 Å². The second-order valence-electron chi connectivity index (χ2n) is 2.84. The molecule has 0 bridgehead atoms. The van der Waals surface area contributed by atoms with Crippen molar-refractivity contribution in [2.75, 3.05) is 7.11 Å². The molecule has 0 spiro atoms. The molecule has 0 aliphatic carbocycles. The van der Waals surface area contributed by atoms with E-state index in [1.807, 2.05) is 6.07 Å². The molecule has 0 saturated heterocycles. The Balaban J connectivity index is 2.85. The van der Waals surface area contributed by atoms with E-state index in [0.717, 1.165) is 10.8 Å². The molecule has 1 aromatic heterocycles. The summed E-state index contributed by atoms with van der Waals surface area (Å²) in [4.78, 5) is 3.99. The lowest BCUT2D eigenvalue weighted by molar-refractivity contribution is 0.373. The quantitative estimate of drug-likeness (QED) is 0.850. The van der Waals surface area contributed by atoms with Crippen LogP contribution in [0.3, 0.4) is 0 Å². The van der Waals surface area contributed by atoms with Gasteiger partial charge in [-0.3, -0.25) is 4.98 Å². The molecule has 0 amide bonds. The third kappa shape index (κ3) is 1.32. The first kappa shape index (κ1) is 9.27. The molecule has 0 fully saturated rings. The van der Waals surface area contributed by atoms with E-state index in [1.165, 1.54) is 7.11 Å². The van der Waals surface area contributed by atoms with Crippen molar-refractivity contribution in [1.82, 2.24) is 4.98 Å². The predicted molar refractivity (Wildman–Crippen MR) is 57.7 cm³/mol. The summed E-state index contributed by atoms with van der Waals surface area (Å²) in [6.07, 6.45) is 3.39. The van der Waals surface area contributed by atoms with Crippen LogP contribution in [-0.4, -0.2) is 17.2 Å². The highest BCUT2D eigenvalue weighted by Crippen LogP contribution is 2.39. The number of hydrogen-bond donors (Lipinski definition) is 1. The van der Waals surface area contributed by atoms with Gasteiger partial charge in [-0.25, -0.2) is 0 Å². The highest BCUT2D eigenvalue weighted by molar-refractivity contribution is 9.10. The summed E-state index contributed by atoms with van der Waals surface area (Å²) >= 11 is 3.30. The fourth-order valence-corrected chi connectivity index (χ4v) is 1.84. The number of phenols is 1. The van der Waals surface area contributed by atoms with E-state index in [4.69, 9.17) is 4.74 Å². The van der Waals surface area contributed by atoms with E-state index in [2.05, 4.69) is 20.9 Å². The lowest BCUT2D eigenvalue weighted by Crippen LogP contribution is -1.86. The number of fused-ring (bicyclic) bond motifs is 1. The van der Waals surface area contributed by atoms with E-state index >= 15 is 0 Å². The molecule has 0 unspecified atom stereocenters. The van der Waals surface area contributed by atoms with Crippen LogP contribution in [0.1, 0.15) is 0 Å². The number of rotatable bonds is 1. The zero-order chi connectivity index (χ0) is 10.1. The standard InChI is InChI=1S/C10H8BrNO2/c1-14-8-4-6-2-3-12-5-7(6)9(11)10(8)13/h2-5,13H,1H3. The lowest BCUT2D eigenvalue weighted by atomic mass is 10.1. The van der Waals surface area contributed by atoms with Gasteiger partial charge in [0.05, 0.1) is 11.6 Å². The minimum absolute atomic E-state index is 0.105. The third-order valence-corrected chi connectivity index (χ3v) is 2.84. The molecular formula is C10H8BrNO2. The Morgan fingerprint density at radius 1 is 1.50 bits per heavy atom. The first-order valence-corrected chi connectivity index (χ1v) is 4.82. The number of methoxy groups -OCH3 is 1. The van der Waals surface area contributed by atoms with Gasteiger partial charge in [0.25, 0.3) is 0 Å². The Bertz CT molecular complexity index is 485. The Hall–Kier alpha value is -1.29. The smallest absolute Gasteiger partial charge is 0.172 e. The molecular weight excluding hydrogens is 246 g/mol. The minimum atomic E-state index is 0.105. The van der Waals surface area contributed by atoms with E-state index < -0.39 is 0 Å². The van der Waals surface area contributed by atoms with Gasteiger partial charge in [-0.05, 0) is 33.4 Å². The van der Waals surface area contributed by atoms with Crippen molar-refractivity contribution >= 4 is 26.7 Å². The highest BCUT2D eigenvalue weighted by Gasteiger charge is 2.10. The Morgan fingerprint density at radius 3 is 3.00 bits per heavy atom. The zero-order valence-electron chi connectivity index (χ0n) is 7.49. The predicted octanol–water partition coefficient (Wildman–Crippen LogP) is 2.71. The molecule has 0 radical (unpaired) electrons. The number of aromatic nitrogens is 1. The van der Waals surface area contributed by atoms with Crippen LogP contribution >= 0.6 is 15.9 Å². The monoisotopic (exact) mass is 253 g/mol. The van der Waals surface area contributed by atoms with Crippen LogP contribution < -0.4 is 4.74 Å². The van der Waals surface area contributed by atoms with Crippen molar-refractivity contribution in [2.45, 2.75) is 0 Å². The number of aromatic hydroxyl groups is 1. The number of pyridine rings is 1. The molecule has 0 saturated carbocycles. The van der Waals surface area contributed by atoms with Crippen molar-refractivity contribution in [3.8, 4) is 11.5 Å². The van der Waals surface area contributed by atoms with Gasteiger partial charge in [-0.15, -0.1) is 0 Å². The summed E-state index contributed by atoms with van der Waals surface area (Å²) < 4.78 is 5.64. The number of phenolic OH excluding ortho intramolecular Hbond substituents is 1. The van der Waals surface area contributed by atoms with Gasteiger partial charge in [0.15, 0.2) is 11.5 Å². The Morgan fingerprint density at radius 2 is 2.29 bits per heavy atom. The first-order valence-electron chi connectivity index (χ1n) is 4.03. The van der Waals surface area contributed by atoms with Crippen molar-refractivity contribution in [1.29, 1.82) is 0 Å². The van der Waals surface area contributed by atoms with Gasteiger partial charge < -0.3 is 9.84 Å². The van der Waals surface area contributed by atoms with Gasteiger partial charge >= 0.3 is 0 Å². The maximum atomic E-state index is 9.70. The van der Waals surface area contributed by atoms with Gasteiger partial charge in [0.2, 0.25) is 0 Å². The fraction of sp³-hybridized carbons (Fsp3) is 0.100. The summed E-state index contributed by atoms with van der Waals surface area (Å²) in [6, 6.07) is 3.64. The first-order chi connectivity index (χ1) is 6.74. The fourth-order valence-electron chi connectivity index (χ4n) is 1.32. The van der Waals surface area contributed by atoms with E-state index in [-0.39, 0.29) is 5.75 Å². The number of ether oxygens (including phenoxy) is 1. The van der Waals surface area contributed by atoms with Crippen LogP contribution in [0, 0.1) is 0 Å². The van der Waals surface area contributed by atoms with Gasteiger partial charge in [-0.2, -0.15) is 0 Å². The normalized spacial score (nSPS) is 10.4. The molecule has 0 atom stereocenters. The van der Waals surface area contributed by atoms with Crippen LogP contribution in [0.25, 0.3) is 10.8 Å². The molecule has 72 valence electrons. The SMILES string of the molecule is COc1cc2ccncc2c(Br)c1O. The van der Waals surface area contributed by atoms with Crippen LogP contribution in [-0.2, 0) is 0 Å². The summed E-state index contributed by atoms with van der Waals surface area (Å²) in [7, 11) is 1.52. The molecule has 1 N–H and O–H groups in total. The second-order valence-corrected chi connectivity index (χ2v) is 3.63. The van der Waals surface area contributed by atoms with Gasteiger partial charge in [0, 0.05) is 17.8 Å². The molecule has 14 heavy (non-hydrogen) atoms. The topological polar surface area (TPSA) is 42.4 Å². The molecule has 1 aromatic carbocycles. The number of hydrogen-bond acceptors (Lipinski definition) is 3. The van der Waals surface area contributed by atoms with Gasteiger partial charge in [-0.1, -0.05) is 0 Å². The lowest BCUT2D eigenvalue weighted by Gasteiger charge is -2.07. The summed E-state index contributed by atoms with van der Waals surface area (Å²) in [5, 5.41) is 11.5. The van der Waals surface area contributed by atoms with Crippen molar-refractivity contribution in [3.05, 3.63) is 29.0 Å². The summed E-state index contributed by atoms with van der Waals surface area (Å²) in [5.41, 5.74) is 0. The average molecular weight is 254 g/mol. The molecule has 2 aromatic rings. The van der Waals surface area contributed by atoms with E-state index in [9.17, 15) is 5.11 Å². The molecule has 0 aliphatic rings. The highest BCUT2D eigenvalue weighted by atomic mass is 79.9. The molecule has 2 rings (SSSR count).